The number of carbonyl (C=O) groups excluding carboxylic acids is 1. The van der Waals surface area contributed by atoms with E-state index in [9.17, 15) is 4.79 Å². The number of rotatable bonds is 6. The van der Waals surface area contributed by atoms with E-state index in [1.807, 2.05) is 48.5 Å². The lowest BCUT2D eigenvalue weighted by Crippen LogP contribution is -2.18. The first-order valence-corrected chi connectivity index (χ1v) is 7.64. The molecule has 2 aromatic rings. The lowest BCUT2D eigenvalue weighted by Gasteiger charge is -2.07. The fraction of sp³-hybridized carbons (Fsp3) is 0.167. The highest BCUT2D eigenvalue weighted by Crippen LogP contribution is 2.16. The first kappa shape index (κ1) is 17.5. The summed E-state index contributed by atoms with van der Waals surface area (Å²) >= 11 is 5.84. The van der Waals surface area contributed by atoms with Crippen LogP contribution in [0.3, 0.4) is 0 Å². The number of hydrogen-bond donors (Lipinski definition) is 1. The summed E-state index contributed by atoms with van der Waals surface area (Å²) in [5, 5.41) is 13.1. The summed E-state index contributed by atoms with van der Waals surface area (Å²) in [5.74, 6) is 0.301. The average molecular weight is 342 g/mol. The molecule has 6 heteroatoms. The van der Waals surface area contributed by atoms with Gasteiger partial charge in [0.15, 0.2) is 0 Å². The Kier molecular flexibility index (Phi) is 6.35. The van der Waals surface area contributed by atoms with Crippen molar-refractivity contribution < 1.29 is 9.53 Å². The molecule has 2 rings (SSSR count). The Morgan fingerprint density at radius 1 is 1.21 bits per heavy atom. The topological polar surface area (TPSA) is 74.5 Å². The van der Waals surface area contributed by atoms with Crippen molar-refractivity contribution >= 4 is 23.2 Å². The van der Waals surface area contributed by atoms with Crippen molar-refractivity contribution in [2.45, 2.75) is 20.0 Å². The molecule has 5 nitrogen and oxygen atoms in total. The number of nitriles is 1. The molecule has 0 aromatic heterocycles. The van der Waals surface area contributed by atoms with Gasteiger partial charge in [-0.2, -0.15) is 10.4 Å². The number of nitrogens with zero attached hydrogens (tertiary/aromatic N) is 2. The molecule has 2 aromatic carbocycles. The maximum atomic E-state index is 11.2. The zero-order valence-electron chi connectivity index (χ0n) is 13.1. The Bertz CT molecular complexity index is 762. The molecule has 1 N–H and O–H groups in total. The van der Waals surface area contributed by atoms with Gasteiger partial charge in [0.25, 0.3) is 5.91 Å². The second-order valence-electron chi connectivity index (χ2n) is 5.01. The van der Waals surface area contributed by atoms with Crippen LogP contribution in [0.5, 0.6) is 5.75 Å². The van der Waals surface area contributed by atoms with E-state index in [1.54, 1.807) is 13.0 Å². The van der Waals surface area contributed by atoms with Gasteiger partial charge in [-0.15, -0.1) is 0 Å². The molecule has 0 radical (unpaired) electrons. The first-order chi connectivity index (χ1) is 11.6. The van der Waals surface area contributed by atoms with Crippen LogP contribution >= 0.6 is 11.6 Å². The van der Waals surface area contributed by atoms with Crippen LogP contribution in [0, 0.1) is 11.3 Å². The van der Waals surface area contributed by atoms with Crippen LogP contribution in [0.1, 0.15) is 24.5 Å². The maximum Gasteiger partial charge on any atom is 0.254 e. The number of carbonyl (C=O) groups is 1. The minimum absolute atomic E-state index is 0.214. The molecule has 0 aliphatic carbocycles. The van der Waals surface area contributed by atoms with E-state index in [2.05, 4.69) is 10.5 Å². The molecule has 0 spiro atoms. The van der Waals surface area contributed by atoms with Gasteiger partial charge in [-0.25, -0.2) is 5.43 Å². The van der Waals surface area contributed by atoms with Gasteiger partial charge >= 0.3 is 0 Å². The molecular weight excluding hydrogens is 326 g/mol. The van der Waals surface area contributed by atoms with Crippen molar-refractivity contribution in [2.75, 3.05) is 0 Å². The maximum absolute atomic E-state index is 11.2. The highest BCUT2D eigenvalue weighted by molar-refractivity contribution is 6.30. The van der Waals surface area contributed by atoms with Crippen molar-refractivity contribution in [3.05, 3.63) is 64.7 Å². The number of benzene rings is 2. The van der Waals surface area contributed by atoms with Crippen molar-refractivity contribution in [1.29, 1.82) is 5.26 Å². The monoisotopic (exact) mass is 341 g/mol. The minimum atomic E-state index is -0.431. The molecule has 0 saturated heterocycles. The molecular formula is C18H16ClN3O2. The molecule has 0 heterocycles. The summed E-state index contributed by atoms with van der Waals surface area (Å²) < 4.78 is 5.71. The van der Waals surface area contributed by atoms with E-state index < -0.39 is 5.91 Å². The SMILES string of the molecule is C/C(=N\NC(=O)CC#N)c1ccc(OCc2ccc(Cl)cc2)cc1. The van der Waals surface area contributed by atoms with Crippen LogP contribution in [0.15, 0.2) is 53.6 Å². The second-order valence-corrected chi connectivity index (χ2v) is 5.44. The zero-order chi connectivity index (χ0) is 17.4. The summed E-state index contributed by atoms with van der Waals surface area (Å²) in [6, 6.07) is 16.6. The third kappa shape index (κ3) is 5.41. The highest BCUT2D eigenvalue weighted by atomic mass is 35.5. The number of ether oxygens (including phenoxy) is 1. The zero-order valence-corrected chi connectivity index (χ0v) is 13.9. The van der Waals surface area contributed by atoms with Crippen LogP contribution in [-0.4, -0.2) is 11.6 Å². The quantitative estimate of drug-likeness (QED) is 0.643. The predicted molar refractivity (Wildman–Crippen MR) is 92.8 cm³/mol. The third-order valence-corrected chi connectivity index (χ3v) is 3.43. The van der Waals surface area contributed by atoms with Crippen molar-refractivity contribution in [1.82, 2.24) is 5.43 Å². The summed E-state index contributed by atoms with van der Waals surface area (Å²) in [6.07, 6.45) is -0.214. The smallest absolute Gasteiger partial charge is 0.254 e. The van der Waals surface area contributed by atoms with Crippen LogP contribution in [0.2, 0.25) is 5.02 Å². The van der Waals surface area contributed by atoms with Crippen LogP contribution in [-0.2, 0) is 11.4 Å². The molecule has 0 aliphatic heterocycles. The third-order valence-electron chi connectivity index (χ3n) is 3.18. The Labute approximate surface area is 145 Å². The van der Waals surface area contributed by atoms with E-state index in [0.717, 1.165) is 16.9 Å². The predicted octanol–water partition coefficient (Wildman–Crippen LogP) is 3.67. The van der Waals surface area contributed by atoms with Crippen LogP contribution < -0.4 is 10.2 Å². The van der Waals surface area contributed by atoms with Gasteiger partial charge in [0.1, 0.15) is 18.8 Å². The van der Waals surface area contributed by atoms with E-state index in [-0.39, 0.29) is 6.42 Å². The van der Waals surface area contributed by atoms with E-state index in [0.29, 0.717) is 17.3 Å². The summed E-state index contributed by atoms with van der Waals surface area (Å²) in [4.78, 5) is 11.2. The van der Waals surface area contributed by atoms with Gasteiger partial charge in [0, 0.05) is 5.02 Å². The molecule has 0 unspecified atom stereocenters. The Hall–Kier alpha value is -2.84. The van der Waals surface area contributed by atoms with Gasteiger partial charge in [0.05, 0.1) is 11.8 Å². The largest absolute Gasteiger partial charge is 0.489 e. The van der Waals surface area contributed by atoms with Crippen molar-refractivity contribution in [3.8, 4) is 11.8 Å². The molecule has 0 atom stereocenters. The number of hydrazone groups is 1. The number of halogens is 1. The van der Waals surface area contributed by atoms with Gasteiger partial charge in [0.2, 0.25) is 0 Å². The lowest BCUT2D eigenvalue weighted by atomic mass is 10.1. The fourth-order valence-corrected chi connectivity index (χ4v) is 1.99. The number of amides is 1. The van der Waals surface area contributed by atoms with Gasteiger partial charge in [-0.05, 0) is 54.4 Å². The molecule has 0 fully saturated rings. The van der Waals surface area contributed by atoms with Crippen molar-refractivity contribution in [2.24, 2.45) is 5.10 Å². The standard InChI is InChI=1S/C18H16ClN3O2/c1-13(21-22-18(23)10-11-20)15-4-8-17(9-5-15)24-12-14-2-6-16(19)7-3-14/h2-9H,10,12H2,1H3,(H,22,23)/b21-13+. The molecule has 0 saturated carbocycles. The molecule has 24 heavy (non-hydrogen) atoms. The lowest BCUT2D eigenvalue weighted by molar-refractivity contribution is -0.120. The second kappa shape index (κ2) is 8.70. The number of hydrogen-bond acceptors (Lipinski definition) is 4. The Morgan fingerprint density at radius 2 is 1.88 bits per heavy atom. The summed E-state index contributed by atoms with van der Waals surface area (Å²) in [7, 11) is 0. The van der Waals surface area contributed by atoms with Crippen LogP contribution in [0.4, 0.5) is 0 Å². The molecule has 122 valence electrons. The van der Waals surface area contributed by atoms with Gasteiger partial charge < -0.3 is 4.74 Å². The molecule has 1 amide bonds. The molecule has 0 aliphatic rings. The van der Waals surface area contributed by atoms with E-state index in [4.69, 9.17) is 21.6 Å². The highest BCUT2D eigenvalue weighted by Gasteiger charge is 2.02. The van der Waals surface area contributed by atoms with Crippen LogP contribution in [0.25, 0.3) is 0 Å². The normalized spacial score (nSPS) is 10.8. The number of nitrogens with one attached hydrogen (secondary N) is 1. The minimum Gasteiger partial charge on any atom is -0.489 e. The molecule has 0 bridgehead atoms. The Morgan fingerprint density at radius 3 is 2.50 bits per heavy atom. The summed E-state index contributed by atoms with van der Waals surface area (Å²) in [5.41, 5.74) is 4.86. The van der Waals surface area contributed by atoms with Gasteiger partial charge in [-0.3, -0.25) is 4.79 Å². The summed E-state index contributed by atoms with van der Waals surface area (Å²) in [6.45, 7) is 2.23. The van der Waals surface area contributed by atoms with E-state index in [1.165, 1.54) is 0 Å². The van der Waals surface area contributed by atoms with Crippen molar-refractivity contribution in [3.63, 3.8) is 0 Å². The fourth-order valence-electron chi connectivity index (χ4n) is 1.86. The van der Waals surface area contributed by atoms with E-state index >= 15 is 0 Å². The Balaban J connectivity index is 1.92. The van der Waals surface area contributed by atoms with Gasteiger partial charge in [-0.1, -0.05) is 23.7 Å². The first-order valence-electron chi connectivity index (χ1n) is 7.26. The average Bonchev–Trinajstić information content (AvgIpc) is 2.60.